The van der Waals surface area contributed by atoms with E-state index in [1.165, 1.54) is 50.8 Å². The number of anilines is 2. The molecule has 0 aliphatic heterocycles. The maximum Gasteiger partial charge on any atom is 0.326 e. The number of ether oxygens (including phenoxy) is 1. The zero-order chi connectivity index (χ0) is 36.3. The van der Waals surface area contributed by atoms with Crippen molar-refractivity contribution in [1.29, 1.82) is 0 Å². The number of carbonyl (C=O) groups is 3. The van der Waals surface area contributed by atoms with Gasteiger partial charge in [-0.3, -0.25) is 24.1 Å². The van der Waals surface area contributed by atoms with E-state index in [1.54, 1.807) is 20.8 Å². The number of hydrogen-bond donors (Lipinski definition) is 4. The number of nitrogens with zero attached hydrogens (tertiary/aromatic N) is 3. The Hall–Kier alpha value is -5.71. The molecule has 17 heteroatoms. The van der Waals surface area contributed by atoms with Crippen LogP contribution >= 0.6 is 0 Å². The van der Waals surface area contributed by atoms with Crippen LogP contribution in [0.3, 0.4) is 0 Å². The van der Waals surface area contributed by atoms with Gasteiger partial charge in [0.05, 0.1) is 35.1 Å². The van der Waals surface area contributed by atoms with E-state index in [4.69, 9.17) is 4.74 Å². The summed E-state index contributed by atoms with van der Waals surface area (Å²) in [7, 11) is -1.64. The summed E-state index contributed by atoms with van der Waals surface area (Å²) in [5.74, 6) is -5.55. The minimum Gasteiger partial charge on any atom is -0.494 e. The highest BCUT2D eigenvalue weighted by Crippen LogP contribution is 2.26. The third kappa shape index (κ3) is 8.42. The van der Waals surface area contributed by atoms with Gasteiger partial charge in [-0.25, -0.2) is 26.7 Å². The number of aromatic nitrogens is 3. The zero-order valence-corrected chi connectivity index (χ0v) is 27.7. The van der Waals surface area contributed by atoms with Crippen molar-refractivity contribution in [2.24, 2.45) is 12.5 Å². The number of rotatable bonds is 11. The molecule has 4 aromatic rings. The van der Waals surface area contributed by atoms with Gasteiger partial charge in [-0.1, -0.05) is 26.8 Å². The van der Waals surface area contributed by atoms with Crippen molar-refractivity contribution in [2.75, 3.05) is 17.1 Å². The summed E-state index contributed by atoms with van der Waals surface area (Å²) in [6, 6.07) is 7.16. The molecule has 4 rings (SSSR count). The average Bonchev–Trinajstić information content (AvgIpc) is 3.03. The lowest BCUT2D eigenvalue weighted by atomic mass is 9.95. The summed E-state index contributed by atoms with van der Waals surface area (Å²) in [6.45, 7) is 5.10. The lowest BCUT2D eigenvalue weighted by molar-refractivity contribution is -0.139. The minimum absolute atomic E-state index is 0.123. The fourth-order valence-corrected chi connectivity index (χ4v) is 5.38. The Bertz CT molecular complexity index is 2080. The number of benzene rings is 2. The molecule has 1 atom stereocenters. The fraction of sp³-hybridized carbons (Fsp3) is 0.250. The number of carboxylic acids is 1. The molecule has 49 heavy (non-hydrogen) atoms. The highest BCUT2D eigenvalue weighted by atomic mass is 32.2. The molecule has 0 fully saturated rings. The van der Waals surface area contributed by atoms with Crippen LogP contribution in [0.1, 0.15) is 36.7 Å². The predicted octanol–water partition coefficient (Wildman–Crippen LogP) is 3.34. The third-order valence-corrected chi connectivity index (χ3v) is 8.48. The largest absolute Gasteiger partial charge is 0.494 e. The maximum atomic E-state index is 15.0. The number of hydrogen-bond acceptors (Lipinski definition) is 9. The van der Waals surface area contributed by atoms with Gasteiger partial charge in [0.15, 0.2) is 5.75 Å². The molecule has 14 nitrogen and oxygen atoms in total. The molecule has 2 amide bonds. The molecular weight excluding hydrogens is 666 g/mol. The van der Waals surface area contributed by atoms with Crippen LogP contribution in [0.25, 0.3) is 11.3 Å². The van der Waals surface area contributed by atoms with Gasteiger partial charge in [0.1, 0.15) is 23.2 Å². The number of pyridine rings is 1. The van der Waals surface area contributed by atoms with Crippen LogP contribution < -0.4 is 25.7 Å². The van der Waals surface area contributed by atoms with E-state index < -0.39 is 61.8 Å². The van der Waals surface area contributed by atoms with Gasteiger partial charge in [0.25, 0.3) is 21.5 Å². The molecule has 0 saturated carbocycles. The summed E-state index contributed by atoms with van der Waals surface area (Å²) in [6.07, 6.45) is 2.30. The van der Waals surface area contributed by atoms with Crippen LogP contribution in [0.4, 0.5) is 20.2 Å². The Balaban J connectivity index is 1.47. The zero-order valence-electron chi connectivity index (χ0n) is 26.9. The summed E-state index contributed by atoms with van der Waals surface area (Å²) in [5.41, 5.74) is -1.89. The van der Waals surface area contributed by atoms with Crippen molar-refractivity contribution in [2.45, 2.75) is 38.1 Å². The molecule has 0 spiro atoms. The number of halogens is 2. The normalized spacial score (nSPS) is 12.1. The summed E-state index contributed by atoms with van der Waals surface area (Å²) >= 11 is 0. The first-order valence-corrected chi connectivity index (χ1v) is 15.9. The number of aliphatic carboxylic acids is 1. The van der Waals surface area contributed by atoms with Crippen molar-refractivity contribution >= 4 is 39.2 Å². The monoisotopic (exact) mass is 698 g/mol. The molecule has 0 aliphatic carbocycles. The van der Waals surface area contributed by atoms with Crippen LogP contribution in [0, 0.1) is 17.0 Å². The van der Waals surface area contributed by atoms with E-state index in [0.29, 0.717) is 23.4 Å². The lowest BCUT2D eigenvalue weighted by Crippen LogP contribution is -2.42. The maximum absolute atomic E-state index is 15.0. The van der Waals surface area contributed by atoms with Crippen LogP contribution in [-0.4, -0.2) is 59.2 Å². The molecule has 4 N–H and O–H groups in total. The fourth-order valence-electron chi connectivity index (χ4n) is 4.32. The molecule has 258 valence electrons. The Morgan fingerprint density at radius 2 is 1.69 bits per heavy atom. The minimum atomic E-state index is -4.44. The first-order chi connectivity index (χ1) is 22.9. The van der Waals surface area contributed by atoms with Gasteiger partial charge in [-0.2, -0.15) is 5.10 Å². The second kappa shape index (κ2) is 14.2. The molecule has 0 bridgehead atoms. The molecule has 0 saturated heterocycles. The molecule has 2 aromatic heterocycles. The van der Waals surface area contributed by atoms with Gasteiger partial charge >= 0.3 is 5.97 Å². The van der Waals surface area contributed by atoms with Crippen molar-refractivity contribution in [3.05, 3.63) is 94.0 Å². The first-order valence-electron chi connectivity index (χ1n) is 14.4. The van der Waals surface area contributed by atoms with E-state index in [-0.39, 0.29) is 34.2 Å². The Morgan fingerprint density at radius 1 is 1.02 bits per heavy atom. The van der Waals surface area contributed by atoms with Gasteiger partial charge in [-0.05, 0) is 42.0 Å². The van der Waals surface area contributed by atoms with Crippen molar-refractivity contribution in [1.82, 2.24) is 20.1 Å². The number of amides is 2. The first kappa shape index (κ1) is 36.1. The Labute approximate surface area is 279 Å². The molecule has 1 unspecified atom stereocenters. The lowest BCUT2D eigenvalue weighted by Gasteiger charge is -2.18. The number of aryl methyl sites for hydroxylation is 1. The number of carbonyl (C=O) groups excluding carboxylic acids is 2. The summed E-state index contributed by atoms with van der Waals surface area (Å²) in [5, 5.41) is 18.4. The smallest absolute Gasteiger partial charge is 0.326 e. The number of methoxy groups -OCH3 is 1. The Morgan fingerprint density at radius 3 is 2.27 bits per heavy atom. The molecule has 2 aromatic carbocycles. The van der Waals surface area contributed by atoms with E-state index >= 15 is 8.78 Å². The molecular formula is C32H32F2N6O8S. The highest BCUT2D eigenvalue weighted by molar-refractivity contribution is 7.92. The van der Waals surface area contributed by atoms with Crippen molar-refractivity contribution in [3.63, 3.8) is 0 Å². The van der Waals surface area contributed by atoms with Crippen molar-refractivity contribution < 1.29 is 41.4 Å². The number of nitrogens with one attached hydrogen (secondary N) is 3. The predicted molar refractivity (Wildman–Crippen MR) is 174 cm³/mol. The van der Waals surface area contributed by atoms with Gasteiger partial charge in [0.2, 0.25) is 5.91 Å². The van der Waals surface area contributed by atoms with E-state index in [2.05, 4.69) is 20.7 Å². The quantitative estimate of drug-likeness (QED) is 0.180. The molecule has 0 radical (unpaired) electrons. The number of sulfonamides is 1. The third-order valence-electron chi connectivity index (χ3n) is 7.10. The second-order valence-electron chi connectivity index (χ2n) is 11.8. The molecule has 2 heterocycles. The molecule has 0 aliphatic rings. The van der Waals surface area contributed by atoms with Crippen LogP contribution in [0.15, 0.2) is 70.6 Å². The summed E-state index contributed by atoms with van der Waals surface area (Å²) < 4.78 is 64.0. The second-order valence-corrected chi connectivity index (χ2v) is 13.5. The summed E-state index contributed by atoms with van der Waals surface area (Å²) in [4.78, 5) is 53.5. The van der Waals surface area contributed by atoms with Gasteiger partial charge in [-0.15, -0.1) is 0 Å². The topological polar surface area (TPSA) is 199 Å². The van der Waals surface area contributed by atoms with Gasteiger partial charge < -0.3 is 20.5 Å². The SMILES string of the molecule is COc1cnn(C)c(=O)c1-c1ccc(CC(NC(=O)c2cc(F)c(NS(=O)(=O)c3ccc(NC(=O)C(C)(C)C)cc3)cc2F)C(=O)O)cn1. The van der Waals surface area contributed by atoms with E-state index in [9.17, 15) is 32.7 Å². The van der Waals surface area contributed by atoms with Crippen LogP contribution in [-0.2, 0) is 33.1 Å². The van der Waals surface area contributed by atoms with Gasteiger partial charge in [0, 0.05) is 36.8 Å². The van der Waals surface area contributed by atoms with Crippen LogP contribution in [0.5, 0.6) is 5.75 Å². The van der Waals surface area contributed by atoms with E-state index in [1.807, 2.05) is 4.72 Å². The van der Waals surface area contributed by atoms with E-state index in [0.717, 1.165) is 16.8 Å². The average molecular weight is 699 g/mol. The van der Waals surface area contributed by atoms with Crippen LogP contribution in [0.2, 0.25) is 0 Å². The van der Waals surface area contributed by atoms with Crippen molar-refractivity contribution in [3.8, 4) is 17.0 Å². The standard InChI is InChI=1S/C32H32F2N6O8S/c1-32(2,3)31(45)37-18-7-9-19(10-8-18)49(46,47)39-24-14-21(33)20(13-22(24)34)28(41)38-25(30(43)44)12-17-6-11-23(35-15-17)27-26(48-5)16-36-40(4)29(27)42/h6-11,13-16,25,39H,12H2,1-5H3,(H,37,45)(H,38,41)(H,43,44). The Kier molecular flexibility index (Phi) is 10.5. The highest BCUT2D eigenvalue weighted by Gasteiger charge is 2.26. The number of carboxylic acid groups (broad SMARTS) is 1.